The number of hydrogen-bond donors (Lipinski definition) is 1. The molecule has 1 aliphatic carbocycles. The first-order valence-electron chi connectivity index (χ1n) is 6.25. The molecule has 2 rings (SSSR count). The van der Waals surface area contributed by atoms with Crippen LogP contribution in [0.2, 0.25) is 0 Å². The molecular weight excluding hydrogens is 284 g/mol. The highest BCUT2D eigenvalue weighted by atomic mass is 19.4. The molecule has 0 amide bonds. The summed E-state index contributed by atoms with van der Waals surface area (Å²) in [5.41, 5.74) is -0.309. The van der Waals surface area contributed by atoms with Crippen LogP contribution < -0.4 is 5.32 Å². The predicted octanol–water partition coefficient (Wildman–Crippen LogP) is 4.64. The van der Waals surface area contributed by atoms with E-state index in [0.717, 1.165) is 12.1 Å². The van der Waals surface area contributed by atoms with Gasteiger partial charge in [-0.2, -0.15) is 13.2 Å². The fourth-order valence-electron chi connectivity index (χ4n) is 2.48. The maximum atomic E-state index is 13.4. The number of rotatable bonds is 2. The van der Waals surface area contributed by atoms with Crippen molar-refractivity contribution in [3.63, 3.8) is 0 Å². The van der Waals surface area contributed by atoms with Crippen molar-refractivity contribution in [2.24, 2.45) is 5.92 Å². The number of nitrogens with one attached hydrogen (secondary N) is 1. The average molecular weight is 297 g/mol. The first kappa shape index (κ1) is 15.0. The second-order valence-corrected chi connectivity index (χ2v) is 4.97. The number of benzene rings is 1. The third-order valence-corrected chi connectivity index (χ3v) is 3.53. The van der Waals surface area contributed by atoms with Crippen molar-refractivity contribution in [1.29, 1.82) is 0 Å². The second-order valence-electron chi connectivity index (χ2n) is 4.97. The molecule has 0 aromatic heterocycles. The van der Waals surface area contributed by atoms with Crippen LogP contribution in [0.25, 0.3) is 0 Å². The molecule has 0 radical (unpaired) electrons. The normalized spacial score (nSPS) is 23.7. The third-order valence-electron chi connectivity index (χ3n) is 3.53. The molecule has 2 atom stereocenters. The predicted molar refractivity (Wildman–Crippen MR) is 61.7 cm³/mol. The molecular formula is C13H13F6N. The zero-order valence-corrected chi connectivity index (χ0v) is 10.4. The van der Waals surface area contributed by atoms with Gasteiger partial charge in [0.05, 0.1) is 11.6 Å². The monoisotopic (exact) mass is 297 g/mol. The van der Waals surface area contributed by atoms with Crippen molar-refractivity contribution >= 4 is 5.69 Å². The number of anilines is 1. The van der Waals surface area contributed by atoms with Crippen LogP contribution >= 0.6 is 0 Å². The molecule has 1 aromatic carbocycles. The van der Waals surface area contributed by atoms with Crippen molar-refractivity contribution in [3.8, 4) is 0 Å². The summed E-state index contributed by atoms with van der Waals surface area (Å²) in [6.07, 6.45) is -3.64. The quantitative estimate of drug-likeness (QED) is 0.619. The van der Waals surface area contributed by atoms with Crippen LogP contribution in [0.1, 0.15) is 25.7 Å². The van der Waals surface area contributed by atoms with E-state index in [0.29, 0.717) is 12.8 Å². The molecule has 1 nitrogen and oxygen atoms in total. The molecule has 0 bridgehead atoms. The standard InChI is InChI=1S/C13H13F6N/c14-9-4-5-10(12(16)11(9)15)20-8-3-1-2-7(6-8)13(17,18)19/h4-5,7-8,20H,1-3,6H2. The Bertz CT molecular complexity index is 484. The fraction of sp³-hybridized carbons (Fsp3) is 0.538. The molecule has 1 aromatic rings. The Morgan fingerprint density at radius 2 is 1.70 bits per heavy atom. The minimum atomic E-state index is -4.28. The van der Waals surface area contributed by atoms with E-state index in [-0.39, 0.29) is 18.5 Å². The summed E-state index contributed by atoms with van der Waals surface area (Å²) in [5, 5.41) is 2.54. The topological polar surface area (TPSA) is 12.0 Å². The molecule has 1 fully saturated rings. The van der Waals surface area contributed by atoms with Gasteiger partial charge < -0.3 is 5.32 Å². The molecule has 2 unspecified atom stereocenters. The Balaban J connectivity index is 2.09. The van der Waals surface area contributed by atoms with Gasteiger partial charge in [-0.15, -0.1) is 0 Å². The van der Waals surface area contributed by atoms with Gasteiger partial charge in [0, 0.05) is 6.04 Å². The molecule has 20 heavy (non-hydrogen) atoms. The van der Waals surface area contributed by atoms with Gasteiger partial charge in [0.15, 0.2) is 17.5 Å². The maximum Gasteiger partial charge on any atom is 0.391 e. The lowest BCUT2D eigenvalue weighted by atomic mass is 9.85. The minimum absolute atomic E-state index is 0.0436. The van der Waals surface area contributed by atoms with E-state index in [4.69, 9.17) is 0 Å². The number of hydrogen-bond acceptors (Lipinski definition) is 1. The van der Waals surface area contributed by atoms with Crippen LogP contribution in [0, 0.1) is 23.4 Å². The van der Waals surface area contributed by atoms with Crippen LogP contribution in [0.5, 0.6) is 0 Å². The van der Waals surface area contributed by atoms with Crippen LogP contribution in [-0.2, 0) is 0 Å². The van der Waals surface area contributed by atoms with Gasteiger partial charge >= 0.3 is 6.18 Å². The Labute approximate surface area is 112 Å². The Morgan fingerprint density at radius 1 is 1.00 bits per heavy atom. The van der Waals surface area contributed by atoms with Gasteiger partial charge in [0.2, 0.25) is 0 Å². The fourth-order valence-corrected chi connectivity index (χ4v) is 2.48. The molecule has 0 saturated heterocycles. The highest BCUT2D eigenvalue weighted by Gasteiger charge is 2.42. The van der Waals surface area contributed by atoms with Gasteiger partial charge in [0.1, 0.15) is 0 Å². The lowest BCUT2D eigenvalue weighted by Gasteiger charge is -2.31. The zero-order valence-electron chi connectivity index (χ0n) is 10.4. The van der Waals surface area contributed by atoms with Crippen LogP contribution in [0.4, 0.5) is 32.0 Å². The van der Waals surface area contributed by atoms with E-state index in [1.807, 2.05) is 0 Å². The molecule has 0 spiro atoms. The Kier molecular flexibility index (Phi) is 4.15. The van der Waals surface area contributed by atoms with Crippen molar-refractivity contribution < 1.29 is 26.3 Å². The average Bonchev–Trinajstić information content (AvgIpc) is 2.39. The van der Waals surface area contributed by atoms with E-state index in [1.54, 1.807) is 0 Å². The molecule has 1 saturated carbocycles. The van der Waals surface area contributed by atoms with Gasteiger partial charge in [-0.3, -0.25) is 0 Å². The lowest BCUT2D eigenvalue weighted by molar-refractivity contribution is -0.182. The number of halogens is 6. The van der Waals surface area contributed by atoms with Gasteiger partial charge in [-0.05, 0) is 31.4 Å². The van der Waals surface area contributed by atoms with E-state index < -0.39 is 35.6 Å². The first-order chi connectivity index (χ1) is 9.29. The molecule has 1 N–H and O–H groups in total. The minimum Gasteiger partial charge on any atom is -0.380 e. The lowest BCUT2D eigenvalue weighted by Crippen LogP contribution is -2.34. The maximum absolute atomic E-state index is 13.4. The summed E-state index contributed by atoms with van der Waals surface area (Å²) in [5.74, 6) is -5.80. The van der Waals surface area contributed by atoms with Crippen molar-refractivity contribution in [1.82, 2.24) is 0 Å². The highest BCUT2D eigenvalue weighted by Crippen LogP contribution is 2.38. The Hall–Kier alpha value is -1.40. The van der Waals surface area contributed by atoms with Crippen LogP contribution in [-0.4, -0.2) is 12.2 Å². The summed E-state index contributed by atoms with van der Waals surface area (Å²) in [4.78, 5) is 0. The molecule has 1 aliphatic rings. The largest absolute Gasteiger partial charge is 0.391 e. The third kappa shape index (κ3) is 3.19. The van der Waals surface area contributed by atoms with Crippen molar-refractivity contribution in [2.45, 2.75) is 37.9 Å². The highest BCUT2D eigenvalue weighted by molar-refractivity contribution is 5.46. The summed E-state index contributed by atoms with van der Waals surface area (Å²) in [7, 11) is 0. The molecule has 0 aliphatic heterocycles. The van der Waals surface area contributed by atoms with E-state index in [1.165, 1.54) is 0 Å². The molecule has 7 heteroatoms. The zero-order chi connectivity index (χ0) is 14.9. The smallest absolute Gasteiger partial charge is 0.380 e. The van der Waals surface area contributed by atoms with E-state index >= 15 is 0 Å². The van der Waals surface area contributed by atoms with Crippen LogP contribution in [0.15, 0.2) is 12.1 Å². The first-order valence-corrected chi connectivity index (χ1v) is 6.25. The summed E-state index contributed by atoms with van der Waals surface area (Å²) in [6.45, 7) is 0. The summed E-state index contributed by atoms with van der Waals surface area (Å²) in [6, 6.07) is 1.13. The van der Waals surface area contributed by atoms with Crippen LogP contribution in [0.3, 0.4) is 0 Å². The van der Waals surface area contributed by atoms with Gasteiger partial charge in [-0.25, -0.2) is 13.2 Å². The summed E-state index contributed by atoms with van der Waals surface area (Å²) < 4.78 is 77.2. The molecule has 112 valence electrons. The van der Waals surface area contributed by atoms with E-state index in [2.05, 4.69) is 5.32 Å². The van der Waals surface area contributed by atoms with Crippen molar-refractivity contribution in [3.05, 3.63) is 29.6 Å². The molecule has 0 heterocycles. The second kappa shape index (κ2) is 5.54. The van der Waals surface area contributed by atoms with Crippen molar-refractivity contribution in [2.75, 3.05) is 5.32 Å². The summed E-state index contributed by atoms with van der Waals surface area (Å²) >= 11 is 0. The van der Waals surface area contributed by atoms with Gasteiger partial charge in [-0.1, -0.05) is 6.42 Å². The SMILES string of the molecule is Fc1ccc(NC2CCCC(C(F)(F)F)C2)c(F)c1F. The van der Waals surface area contributed by atoms with E-state index in [9.17, 15) is 26.3 Å². The number of alkyl halides is 3. The van der Waals surface area contributed by atoms with Gasteiger partial charge in [0.25, 0.3) is 0 Å². The Morgan fingerprint density at radius 3 is 2.35 bits per heavy atom.